The molecule has 0 saturated carbocycles. The molecule has 7 heteroatoms. The molecule has 2 aliphatic rings. The summed E-state index contributed by atoms with van der Waals surface area (Å²) in [5, 5.41) is 15.6. The van der Waals surface area contributed by atoms with Crippen molar-refractivity contribution in [2.45, 2.75) is 72.8 Å². The number of nitrogens with zero attached hydrogens (tertiary/aromatic N) is 2. The number of carbonyl (C=O) groups is 1. The molecular formula is C34H51FN4O2. The zero-order valence-corrected chi connectivity index (χ0v) is 26.0. The van der Waals surface area contributed by atoms with Crippen molar-refractivity contribution in [2.75, 3.05) is 44.6 Å². The van der Waals surface area contributed by atoms with E-state index in [0.29, 0.717) is 48.8 Å². The van der Waals surface area contributed by atoms with Crippen LogP contribution in [0.4, 0.5) is 10.1 Å². The normalized spacial score (nSPS) is 20.4. The predicted octanol–water partition coefficient (Wildman–Crippen LogP) is 7.10. The summed E-state index contributed by atoms with van der Waals surface area (Å²) in [5.41, 5.74) is 2.96. The smallest absolute Gasteiger partial charge is 0.270 e. The molecule has 6 nitrogen and oxygen atoms in total. The Labute approximate surface area is 246 Å². The van der Waals surface area contributed by atoms with Crippen molar-refractivity contribution < 1.29 is 14.3 Å². The summed E-state index contributed by atoms with van der Waals surface area (Å²) in [6.45, 7) is 17.5. The summed E-state index contributed by atoms with van der Waals surface area (Å²) < 4.78 is 13.5. The molecule has 5 rings (SSSR count). The van der Waals surface area contributed by atoms with Gasteiger partial charge in [-0.15, -0.1) is 0 Å². The topological polar surface area (TPSA) is 71.6 Å². The third-order valence-electron chi connectivity index (χ3n) is 8.44. The number of hydrogen-bond acceptors (Lipinski definition) is 4. The predicted molar refractivity (Wildman–Crippen MR) is 169 cm³/mol. The molecule has 0 radical (unpaired) electrons. The van der Waals surface area contributed by atoms with Crippen LogP contribution in [0.15, 0.2) is 48.5 Å². The van der Waals surface area contributed by atoms with Gasteiger partial charge in [0.2, 0.25) is 0 Å². The molecule has 3 heterocycles. The van der Waals surface area contributed by atoms with E-state index >= 15 is 0 Å². The summed E-state index contributed by atoms with van der Waals surface area (Å²) in [4.78, 5) is 20.4. The summed E-state index contributed by atoms with van der Waals surface area (Å²) in [6.07, 6.45) is 3.06. The molecule has 0 aliphatic carbocycles. The molecule has 3 N–H and O–H groups in total. The fraction of sp³-hybridized carbons (Fsp3) is 0.559. The van der Waals surface area contributed by atoms with Crippen LogP contribution in [0.25, 0.3) is 10.9 Å². The van der Waals surface area contributed by atoms with Crippen LogP contribution in [-0.4, -0.2) is 70.7 Å². The monoisotopic (exact) mass is 566 g/mol. The molecule has 3 aromatic rings. The summed E-state index contributed by atoms with van der Waals surface area (Å²) in [7, 11) is 0. The van der Waals surface area contributed by atoms with Gasteiger partial charge >= 0.3 is 0 Å². The van der Waals surface area contributed by atoms with Gasteiger partial charge in [0.05, 0.1) is 5.60 Å². The standard InChI is InChI=1S/C30H39FN4O2.2C2H6/c1-21-4-3-5-26(16-21)32-19-23-8-12-34(20-22(23)2)13-9-30(37)10-14-35(15-11-30)29(36)28-18-24-17-25(31)6-7-27(24)33-28;2*1-2/h3-7,16-18,22-23,32-33,37H,8-15,19-20H2,1-2H3;2*1-2H3. The van der Waals surface area contributed by atoms with Crippen molar-refractivity contribution in [2.24, 2.45) is 11.8 Å². The number of piperidine rings is 2. The largest absolute Gasteiger partial charge is 0.390 e. The Morgan fingerprint density at radius 1 is 1.07 bits per heavy atom. The van der Waals surface area contributed by atoms with Gasteiger partial charge in [-0.3, -0.25) is 4.79 Å². The maximum atomic E-state index is 13.5. The number of aromatic nitrogens is 1. The number of amides is 1. The molecular weight excluding hydrogens is 515 g/mol. The Hall–Kier alpha value is -2.90. The molecule has 2 fully saturated rings. The number of anilines is 1. The van der Waals surface area contributed by atoms with Gasteiger partial charge in [0.1, 0.15) is 11.5 Å². The molecule has 0 bridgehead atoms. The van der Waals surface area contributed by atoms with Crippen LogP contribution < -0.4 is 5.32 Å². The van der Waals surface area contributed by atoms with Crippen LogP contribution in [0, 0.1) is 24.6 Å². The molecule has 1 aromatic heterocycles. The molecule has 226 valence electrons. The van der Waals surface area contributed by atoms with Gasteiger partial charge in [-0.05, 0) is 92.9 Å². The molecule has 0 spiro atoms. The summed E-state index contributed by atoms with van der Waals surface area (Å²) >= 11 is 0. The van der Waals surface area contributed by atoms with Gasteiger partial charge in [0.25, 0.3) is 5.91 Å². The lowest BCUT2D eigenvalue weighted by Gasteiger charge is -2.41. The molecule has 2 atom stereocenters. The first-order chi connectivity index (χ1) is 19.8. The van der Waals surface area contributed by atoms with E-state index in [1.54, 1.807) is 17.0 Å². The summed E-state index contributed by atoms with van der Waals surface area (Å²) in [5.74, 6) is 0.847. The van der Waals surface area contributed by atoms with E-state index in [2.05, 4.69) is 53.3 Å². The van der Waals surface area contributed by atoms with Crippen molar-refractivity contribution in [3.63, 3.8) is 0 Å². The number of rotatable bonds is 7. The minimum Gasteiger partial charge on any atom is -0.390 e. The first-order valence-corrected chi connectivity index (χ1v) is 15.6. The lowest BCUT2D eigenvalue weighted by molar-refractivity contribution is -0.0319. The van der Waals surface area contributed by atoms with Crippen molar-refractivity contribution in [3.8, 4) is 0 Å². The second-order valence-corrected chi connectivity index (χ2v) is 11.3. The van der Waals surface area contributed by atoms with Crippen LogP contribution in [0.2, 0.25) is 0 Å². The number of hydrogen-bond donors (Lipinski definition) is 3. The maximum absolute atomic E-state index is 13.5. The number of nitrogens with one attached hydrogen (secondary N) is 2. The number of likely N-dealkylation sites (tertiary alicyclic amines) is 2. The van der Waals surface area contributed by atoms with Gasteiger partial charge in [-0.25, -0.2) is 4.39 Å². The fourth-order valence-electron chi connectivity index (χ4n) is 5.92. The molecule has 2 aromatic carbocycles. The number of aryl methyl sites for hydroxylation is 1. The zero-order chi connectivity index (χ0) is 30.0. The van der Waals surface area contributed by atoms with Gasteiger partial charge in [-0.1, -0.05) is 46.8 Å². The molecule has 41 heavy (non-hydrogen) atoms. The second kappa shape index (κ2) is 15.4. The van der Waals surface area contributed by atoms with Crippen LogP contribution in [0.5, 0.6) is 0 Å². The van der Waals surface area contributed by atoms with E-state index in [-0.39, 0.29) is 11.7 Å². The number of aromatic amines is 1. The van der Waals surface area contributed by atoms with Gasteiger partial charge in [-0.2, -0.15) is 0 Å². The third kappa shape index (κ3) is 8.79. The van der Waals surface area contributed by atoms with Gasteiger partial charge in [0.15, 0.2) is 0 Å². The lowest BCUT2D eigenvalue weighted by atomic mass is 9.85. The Morgan fingerprint density at radius 2 is 1.80 bits per heavy atom. The highest BCUT2D eigenvalue weighted by Crippen LogP contribution is 2.30. The fourth-order valence-corrected chi connectivity index (χ4v) is 5.92. The van der Waals surface area contributed by atoms with Gasteiger partial charge < -0.3 is 25.2 Å². The number of carbonyl (C=O) groups excluding carboxylic acids is 1. The quantitative estimate of drug-likeness (QED) is 0.285. The average molecular weight is 567 g/mol. The molecule has 2 saturated heterocycles. The Morgan fingerprint density at radius 3 is 2.49 bits per heavy atom. The van der Waals surface area contributed by atoms with E-state index in [0.717, 1.165) is 44.5 Å². The van der Waals surface area contributed by atoms with Gasteiger partial charge in [0, 0.05) is 49.3 Å². The second-order valence-electron chi connectivity index (χ2n) is 11.3. The SMILES string of the molecule is CC.CC.Cc1cccc(NCC2CCN(CCC3(O)CCN(C(=O)c4cc5cc(F)ccc5[nH]4)CC3)CC2C)c1. The third-order valence-corrected chi connectivity index (χ3v) is 8.44. The Bertz CT molecular complexity index is 1230. The average Bonchev–Trinajstić information content (AvgIpc) is 3.41. The van der Waals surface area contributed by atoms with Crippen LogP contribution in [0.3, 0.4) is 0 Å². The van der Waals surface area contributed by atoms with Crippen molar-refractivity contribution in [1.82, 2.24) is 14.8 Å². The highest BCUT2D eigenvalue weighted by molar-refractivity contribution is 5.98. The lowest BCUT2D eigenvalue weighted by Crippen LogP contribution is -2.49. The Balaban J connectivity index is 0.00000111. The van der Waals surface area contributed by atoms with E-state index in [4.69, 9.17) is 0 Å². The number of benzene rings is 2. The first-order valence-electron chi connectivity index (χ1n) is 15.6. The number of aliphatic hydroxyl groups is 1. The highest BCUT2D eigenvalue weighted by Gasteiger charge is 2.35. The van der Waals surface area contributed by atoms with Crippen LogP contribution >= 0.6 is 0 Å². The molecule has 2 aliphatic heterocycles. The van der Waals surface area contributed by atoms with Crippen molar-refractivity contribution in [3.05, 3.63) is 65.6 Å². The number of H-pyrrole nitrogens is 1. The van der Waals surface area contributed by atoms with E-state index in [1.165, 1.54) is 23.4 Å². The van der Waals surface area contributed by atoms with Crippen LogP contribution in [-0.2, 0) is 0 Å². The first kappa shape index (κ1) is 32.6. The van der Waals surface area contributed by atoms with E-state index < -0.39 is 5.60 Å². The number of halogens is 1. The molecule has 2 unspecified atom stereocenters. The minimum atomic E-state index is -0.729. The Kier molecular flexibility index (Phi) is 12.2. The van der Waals surface area contributed by atoms with Crippen molar-refractivity contribution in [1.29, 1.82) is 0 Å². The van der Waals surface area contributed by atoms with Crippen molar-refractivity contribution >= 4 is 22.5 Å². The highest BCUT2D eigenvalue weighted by atomic mass is 19.1. The maximum Gasteiger partial charge on any atom is 0.270 e. The van der Waals surface area contributed by atoms with Crippen LogP contribution in [0.1, 0.15) is 76.4 Å². The zero-order valence-electron chi connectivity index (χ0n) is 26.0. The summed E-state index contributed by atoms with van der Waals surface area (Å²) in [6, 6.07) is 14.7. The molecule has 1 amide bonds. The van der Waals surface area contributed by atoms with E-state index in [1.807, 2.05) is 27.7 Å². The van der Waals surface area contributed by atoms with E-state index in [9.17, 15) is 14.3 Å². The number of fused-ring (bicyclic) bond motifs is 1. The minimum absolute atomic E-state index is 0.0890.